The van der Waals surface area contributed by atoms with E-state index in [1.54, 1.807) is 0 Å². The van der Waals surface area contributed by atoms with Crippen LogP contribution in [0.25, 0.3) is 0 Å². The molecule has 2 atom stereocenters. The molecular weight excluding hydrogens is 839 g/mol. The van der Waals surface area contributed by atoms with Crippen LogP contribution in [0.1, 0.15) is 348 Å². The molecule has 0 bridgehead atoms. The zero-order chi connectivity index (χ0) is 49.3. The zero-order valence-electron chi connectivity index (χ0n) is 46.1. The lowest BCUT2D eigenvalue weighted by atomic mass is 10.0. The number of carbonyl (C=O) groups excluding carboxylic acids is 2. The maximum Gasteiger partial charge on any atom is 0.305 e. The molecule has 0 saturated heterocycles. The summed E-state index contributed by atoms with van der Waals surface area (Å²) < 4.78 is 5.49. The topological polar surface area (TPSA) is 95.9 Å². The molecule has 0 aromatic heterocycles. The summed E-state index contributed by atoms with van der Waals surface area (Å²) >= 11 is 0. The maximum absolute atomic E-state index is 12.5. The van der Waals surface area contributed by atoms with E-state index >= 15 is 0 Å². The molecule has 6 heteroatoms. The van der Waals surface area contributed by atoms with E-state index in [0.29, 0.717) is 25.9 Å². The fourth-order valence-corrected chi connectivity index (χ4v) is 9.81. The Hall–Kier alpha value is -1.40. The molecule has 0 rings (SSSR count). The van der Waals surface area contributed by atoms with Crippen molar-refractivity contribution in [2.45, 2.75) is 360 Å². The third kappa shape index (κ3) is 53.9. The van der Waals surface area contributed by atoms with Crippen molar-refractivity contribution in [3.05, 3.63) is 12.2 Å². The molecule has 0 heterocycles. The summed E-state index contributed by atoms with van der Waals surface area (Å²) in [6.45, 7) is 4.95. The average molecular weight is 961 g/mol. The molecule has 0 aromatic carbocycles. The molecule has 0 radical (unpaired) electrons. The minimum absolute atomic E-state index is 0.00832. The van der Waals surface area contributed by atoms with Crippen LogP contribution >= 0.6 is 0 Å². The molecule has 1 amide bonds. The van der Waals surface area contributed by atoms with Crippen LogP contribution in [0, 0.1) is 0 Å². The van der Waals surface area contributed by atoms with Crippen molar-refractivity contribution in [1.82, 2.24) is 5.32 Å². The van der Waals surface area contributed by atoms with Gasteiger partial charge in [0.1, 0.15) is 0 Å². The Bertz CT molecular complexity index is 1020. The van der Waals surface area contributed by atoms with Crippen LogP contribution in [-0.4, -0.2) is 47.4 Å². The lowest BCUT2D eigenvalue weighted by molar-refractivity contribution is -0.143. The Balaban J connectivity index is 3.43. The second-order valence-electron chi connectivity index (χ2n) is 21.4. The van der Waals surface area contributed by atoms with Gasteiger partial charge in [-0.3, -0.25) is 9.59 Å². The van der Waals surface area contributed by atoms with Crippen molar-refractivity contribution in [2.75, 3.05) is 13.2 Å². The number of aliphatic hydroxyl groups is 2. The predicted octanol–water partition coefficient (Wildman–Crippen LogP) is 19.2. The van der Waals surface area contributed by atoms with Gasteiger partial charge in [-0.15, -0.1) is 0 Å². The first-order valence-electron chi connectivity index (χ1n) is 30.9. The van der Waals surface area contributed by atoms with Crippen LogP contribution in [0.3, 0.4) is 0 Å². The molecule has 0 fully saturated rings. The van der Waals surface area contributed by atoms with Crippen LogP contribution in [0.2, 0.25) is 0 Å². The summed E-state index contributed by atoms with van der Waals surface area (Å²) in [5.74, 6) is -0.0550. The van der Waals surface area contributed by atoms with E-state index in [4.69, 9.17) is 4.74 Å². The molecule has 3 N–H and O–H groups in total. The van der Waals surface area contributed by atoms with E-state index in [-0.39, 0.29) is 18.5 Å². The third-order valence-electron chi connectivity index (χ3n) is 14.6. The number of unbranched alkanes of at least 4 members (excludes halogenated alkanes) is 45. The molecule has 0 aromatic rings. The van der Waals surface area contributed by atoms with E-state index in [0.717, 1.165) is 57.8 Å². The Labute approximate surface area is 425 Å². The molecule has 0 spiro atoms. The highest BCUT2D eigenvalue weighted by molar-refractivity contribution is 5.76. The molecule has 6 nitrogen and oxygen atoms in total. The number of rotatable bonds is 58. The summed E-state index contributed by atoms with van der Waals surface area (Å²) in [5, 5.41) is 23.3. The highest BCUT2D eigenvalue weighted by Crippen LogP contribution is 2.18. The lowest BCUT2D eigenvalue weighted by Gasteiger charge is -2.22. The molecule has 0 aliphatic heterocycles. The smallest absolute Gasteiger partial charge is 0.305 e. The second kappa shape index (κ2) is 58.2. The molecular formula is C62H121NO5. The van der Waals surface area contributed by atoms with Gasteiger partial charge >= 0.3 is 5.97 Å². The summed E-state index contributed by atoms with van der Waals surface area (Å²) in [6, 6.07) is -0.553. The first-order valence-corrected chi connectivity index (χ1v) is 30.9. The van der Waals surface area contributed by atoms with Gasteiger partial charge in [0.2, 0.25) is 5.91 Å². The number of ether oxygens (including phenoxy) is 1. The number of carbonyl (C=O) groups is 2. The minimum Gasteiger partial charge on any atom is -0.466 e. The fourth-order valence-electron chi connectivity index (χ4n) is 9.81. The average Bonchev–Trinajstić information content (AvgIpc) is 3.34. The SMILES string of the molecule is CCCCCCCC/C=C\CCCCCCCCCCCC(=O)OCCCCCCCCCCCCCCC(=O)NC(CO)C(O)CCCCCCCCCCCCCCCCCCCCCC. The maximum atomic E-state index is 12.5. The van der Waals surface area contributed by atoms with Crippen molar-refractivity contribution < 1.29 is 24.5 Å². The van der Waals surface area contributed by atoms with Crippen LogP contribution in [0.15, 0.2) is 12.2 Å². The van der Waals surface area contributed by atoms with Gasteiger partial charge in [-0.25, -0.2) is 0 Å². The monoisotopic (exact) mass is 960 g/mol. The quantitative estimate of drug-likeness (QED) is 0.0321. The molecule has 0 saturated carbocycles. The second-order valence-corrected chi connectivity index (χ2v) is 21.4. The Morgan fingerprint density at radius 1 is 0.397 bits per heavy atom. The van der Waals surface area contributed by atoms with E-state index in [1.807, 2.05) is 0 Å². The van der Waals surface area contributed by atoms with Crippen LogP contribution in [0.5, 0.6) is 0 Å². The molecule has 0 aliphatic carbocycles. The number of aliphatic hydroxyl groups excluding tert-OH is 2. The summed E-state index contributed by atoms with van der Waals surface area (Å²) in [6.07, 6.45) is 69.2. The van der Waals surface area contributed by atoms with Crippen molar-refractivity contribution in [3.63, 3.8) is 0 Å². The van der Waals surface area contributed by atoms with Gasteiger partial charge in [-0.1, -0.05) is 296 Å². The molecule has 404 valence electrons. The number of amides is 1. The van der Waals surface area contributed by atoms with Crippen molar-refractivity contribution in [2.24, 2.45) is 0 Å². The van der Waals surface area contributed by atoms with Gasteiger partial charge in [0.25, 0.3) is 0 Å². The van der Waals surface area contributed by atoms with Crippen LogP contribution < -0.4 is 5.32 Å². The largest absolute Gasteiger partial charge is 0.466 e. The Kier molecular flexibility index (Phi) is 57.0. The van der Waals surface area contributed by atoms with Crippen molar-refractivity contribution in [3.8, 4) is 0 Å². The number of nitrogens with one attached hydrogen (secondary N) is 1. The Morgan fingerprint density at radius 3 is 1.04 bits per heavy atom. The molecule has 0 aliphatic rings. The van der Waals surface area contributed by atoms with Crippen LogP contribution in [-0.2, 0) is 14.3 Å². The van der Waals surface area contributed by atoms with E-state index < -0.39 is 12.1 Å². The fraction of sp³-hybridized carbons (Fsp3) is 0.935. The predicted molar refractivity (Wildman–Crippen MR) is 297 cm³/mol. The van der Waals surface area contributed by atoms with Gasteiger partial charge in [0, 0.05) is 12.8 Å². The standard InChI is InChI=1S/C62H121NO5/c1-3-5-7-9-11-13-15-17-19-21-23-25-26-28-30-34-38-42-46-50-54-60(65)59(58-64)63-61(66)55-51-47-43-39-35-32-33-37-41-45-49-53-57-68-62(67)56-52-48-44-40-36-31-29-27-24-22-20-18-16-14-12-10-8-6-4-2/h18,20,59-60,64-65H,3-17,19,21-58H2,1-2H3,(H,63,66)/b20-18-. The highest BCUT2D eigenvalue weighted by atomic mass is 16.5. The van der Waals surface area contributed by atoms with Crippen LogP contribution in [0.4, 0.5) is 0 Å². The van der Waals surface area contributed by atoms with E-state index in [9.17, 15) is 19.8 Å². The Morgan fingerprint density at radius 2 is 0.691 bits per heavy atom. The van der Waals surface area contributed by atoms with Gasteiger partial charge in [0.05, 0.1) is 25.4 Å². The normalized spacial score (nSPS) is 12.6. The van der Waals surface area contributed by atoms with Gasteiger partial charge in [-0.05, 0) is 51.4 Å². The molecule has 68 heavy (non-hydrogen) atoms. The van der Waals surface area contributed by atoms with E-state index in [1.165, 1.54) is 257 Å². The van der Waals surface area contributed by atoms with Gasteiger partial charge in [0.15, 0.2) is 0 Å². The number of allylic oxidation sites excluding steroid dienone is 2. The van der Waals surface area contributed by atoms with E-state index in [2.05, 4.69) is 31.3 Å². The van der Waals surface area contributed by atoms with Gasteiger partial charge in [-0.2, -0.15) is 0 Å². The molecule has 2 unspecified atom stereocenters. The first kappa shape index (κ1) is 66.6. The summed E-state index contributed by atoms with van der Waals surface area (Å²) in [7, 11) is 0. The zero-order valence-corrected chi connectivity index (χ0v) is 46.1. The summed E-state index contributed by atoms with van der Waals surface area (Å²) in [5.41, 5.74) is 0. The first-order chi connectivity index (χ1) is 33.5. The number of hydrogen-bond donors (Lipinski definition) is 3. The van der Waals surface area contributed by atoms with Crippen molar-refractivity contribution >= 4 is 11.9 Å². The van der Waals surface area contributed by atoms with Crippen molar-refractivity contribution in [1.29, 1.82) is 0 Å². The minimum atomic E-state index is -0.675. The lowest BCUT2D eigenvalue weighted by Crippen LogP contribution is -2.45. The van der Waals surface area contributed by atoms with Gasteiger partial charge < -0.3 is 20.3 Å². The number of esters is 1. The third-order valence-corrected chi connectivity index (χ3v) is 14.6. The highest BCUT2D eigenvalue weighted by Gasteiger charge is 2.20. The summed E-state index contributed by atoms with van der Waals surface area (Å²) in [4.78, 5) is 24.6. The number of hydrogen-bond acceptors (Lipinski definition) is 5.